The zero-order valence-corrected chi connectivity index (χ0v) is 38.4. The van der Waals surface area contributed by atoms with Gasteiger partial charge in [0, 0.05) is 50.5 Å². The molecule has 4 aliphatic rings. The Kier molecular flexibility index (Phi) is 10.1. The van der Waals surface area contributed by atoms with Crippen molar-refractivity contribution in [3.05, 3.63) is 258 Å². The number of rotatable bonds is 8. The summed E-state index contributed by atoms with van der Waals surface area (Å²) in [5.41, 5.74) is 20.8. The minimum absolute atomic E-state index is 0.0327. The number of allylic oxidation sites excluding steroid dienone is 8. The van der Waals surface area contributed by atoms with Crippen LogP contribution in [0.4, 0.5) is 17.1 Å². The van der Waals surface area contributed by atoms with E-state index >= 15 is 0 Å². The highest BCUT2D eigenvalue weighted by molar-refractivity contribution is 6.16. The summed E-state index contributed by atoms with van der Waals surface area (Å²) >= 11 is 0. The smallest absolute Gasteiger partial charge is 0.0547 e. The molecule has 0 N–H and O–H groups in total. The Bertz CT molecular complexity index is 3500. The Labute approximate surface area is 400 Å². The van der Waals surface area contributed by atoms with Crippen molar-refractivity contribution in [3.8, 4) is 27.9 Å². The maximum atomic E-state index is 2.63. The Morgan fingerprint density at radius 2 is 1.13 bits per heavy atom. The molecule has 1 fully saturated rings. The van der Waals surface area contributed by atoms with Gasteiger partial charge < -0.3 is 9.47 Å². The van der Waals surface area contributed by atoms with Crippen LogP contribution in [0, 0.1) is 5.92 Å². The second-order valence-electron chi connectivity index (χ2n) is 19.3. The molecule has 2 unspecified atom stereocenters. The van der Waals surface area contributed by atoms with Gasteiger partial charge >= 0.3 is 0 Å². The summed E-state index contributed by atoms with van der Waals surface area (Å²) in [5.74, 6) is 0.473. The molecule has 0 aliphatic heterocycles. The van der Waals surface area contributed by atoms with Crippen LogP contribution in [-0.2, 0) is 5.41 Å². The lowest BCUT2D eigenvalue weighted by Crippen LogP contribution is -2.28. The Hall–Kier alpha value is -7.68. The second kappa shape index (κ2) is 16.9. The largest absolute Gasteiger partial charge is 0.309 e. The summed E-state index contributed by atoms with van der Waals surface area (Å²) in [6.07, 6.45) is 22.7. The van der Waals surface area contributed by atoms with Gasteiger partial charge in [0.05, 0.1) is 22.4 Å². The van der Waals surface area contributed by atoms with Crippen molar-refractivity contribution in [2.75, 3.05) is 4.90 Å². The van der Waals surface area contributed by atoms with E-state index in [1.807, 2.05) is 0 Å². The highest BCUT2D eigenvalue weighted by Crippen LogP contribution is 2.60. The molecule has 68 heavy (non-hydrogen) atoms. The van der Waals surface area contributed by atoms with Gasteiger partial charge in [0.1, 0.15) is 0 Å². The Morgan fingerprint density at radius 1 is 0.485 bits per heavy atom. The number of para-hydroxylation sites is 3. The van der Waals surface area contributed by atoms with Crippen molar-refractivity contribution < 1.29 is 0 Å². The van der Waals surface area contributed by atoms with Gasteiger partial charge in [-0.2, -0.15) is 0 Å². The van der Waals surface area contributed by atoms with E-state index < -0.39 is 0 Å². The van der Waals surface area contributed by atoms with Crippen molar-refractivity contribution in [2.45, 2.75) is 56.3 Å². The zero-order valence-electron chi connectivity index (χ0n) is 38.4. The van der Waals surface area contributed by atoms with E-state index in [2.05, 4.69) is 240 Å². The van der Waals surface area contributed by atoms with E-state index in [0.29, 0.717) is 0 Å². The fraction of sp³-hybridized carbons (Fsp3) is 0.152. The van der Waals surface area contributed by atoms with Gasteiger partial charge in [-0.3, -0.25) is 0 Å². The normalized spacial score (nSPS) is 18.1. The maximum Gasteiger partial charge on any atom is 0.0547 e. The third kappa shape index (κ3) is 6.53. The number of benzene rings is 8. The number of nitrogens with zero attached hydrogens (tertiary/aromatic N) is 2. The quantitative estimate of drug-likeness (QED) is 0.148. The summed E-state index contributed by atoms with van der Waals surface area (Å²) in [5, 5.41) is 2.53. The first-order chi connectivity index (χ1) is 33.8. The lowest BCUT2D eigenvalue weighted by atomic mass is 9.68. The van der Waals surface area contributed by atoms with Crippen molar-refractivity contribution in [1.29, 1.82) is 0 Å². The standard InChI is InChI=1S/C66H54N2/c1-4-23-46(24-5-1)50-29-8-9-30-52(50)53-31-10-11-32-54(53)55-33-13-16-39-60(55)68(63-42-22-38-59-65(63)56-34-12-15-37-58(56)66(59)43-18-3-19-44-66)49-28-20-25-47(45-49)51-36-21-41-62-64(51)57-35-14-17-40-61(57)67(62)48-26-6-2-7-27-48/h1-2,4-9,12-17,20-42,45,50,52H,3,10-11,18-19,43-44H2. The van der Waals surface area contributed by atoms with Crippen LogP contribution in [0.1, 0.15) is 73.1 Å². The Morgan fingerprint density at radius 3 is 2.00 bits per heavy atom. The van der Waals surface area contributed by atoms with Crippen LogP contribution in [-0.4, -0.2) is 4.57 Å². The summed E-state index contributed by atoms with van der Waals surface area (Å²) in [7, 11) is 0. The molecule has 1 aromatic heterocycles. The first-order valence-electron chi connectivity index (χ1n) is 24.9. The van der Waals surface area contributed by atoms with Crippen molar-refractivity contribution in [2.24, 2.45) is 5.92 Å². The minimum Gasteiger partial charge on any atom is -0.309 e. The monoisotopic (exact) mass is 874 g/mol. The van der Waals surface area contributed by atoms with Crippen LogP contribution >= 0.6 is 0 Å². The van der Waals surface area contributed by atoms with E-state index in [4.69, 9.17) is 0 Å². The molecule has 4 aliphatic carbocycles. The molecule has 1 heterocycles. The van der Waals surface area contributed by atoms with Crippen LogP contribution in [0.5, 0.6) is 0 Å². The molecule has 9 aromatic rings. The highest BCUT2D eigenvalue weighted by Gasteiger charge is 2.45. The summed E-state index contributed by atoms with van der Waals surface area (Å²) in [6, 6.07) is 72.9. The zero-order chi connectivity index (χ0) is 45.0. The fourth-order valence-electron chi connectivity index (χ4n) is 12.8. The van der Waals surface area contributed by atoms with Crippen LogP contribution in [0.2, 0.25) is 0 Å². The molecular formula is C66H54N2. The van der Waals surface area contributed by atoms with Gasteiger partial charge in [0.15, 0.2) is 0 Å². The molecule has 0 radical (unpaired) electrons. The van der Waals surface area contributed by atoms with Gasteiger partial charge in [-0.1, -0.05) is 201 Å². The fourth-order valence-corrected chi connectivity index (χ4v) is 12.8. The Balaban J connectivity index is 1.03. The molecular weight excluding hydrogens is 821 g/mol. The molecule has 2 nitrogen and oxygen atoms in total. The van der Waals surface area contributed by atoms with Crippen molar-refractivity contribution in [3.63, 3.8) is 0 Å². The number of hydrogen-bond donors (Lipinski definition) is 0. The molecule has 13 rings (SSSR count). The van der Waals surface area contributed by atoms with Crippen LogP contribution < -0.4 is 4.90 Å². The first kappa shape index (κ1) is 40.6. The summed E-state index contributed by atoms with van der Waals surface area (Å²) < 4.78 is 2.43. The molecule has 0 amide bonds. The van der Waals surface area contributed by atoms with Crippen LogP contribution in [0.15, 0.2) is 236 Å². The molecule has 0 bridgehead atoms. The first-order valence-corrected chi connectivity index (χ1v) is 24.9. The van der Waals surface area contributed by atoms with Crippen molar-refractivity contribution in [1.82, 2.24) is 4.57 Å². The average molecular weight is 875 g/mol. The third-order valence-corrected chi connectivity index (χ3v) is 15.6. The van der Waals surface area contributed by atoms with E-state index in [1.54, 1.807) is 0 Å². The molecule has 1 spiro atoms. The number of fused-ring (bicyclic) bond motifs is 8. The SMILES string of the molecule is C1=CC(C2=CCCC=C2c2ccccc2N(c2cccc(-c3cccc4c3c3ccccc3n4-c3ccccc3)c2)c2cccc3c2-c2ccccc2C32CCCCC2)C(c2ccccc2)C=C1. The number of aromatic nitrogens is 1. The number of anilines is 3. The van der Waals surface area contributed by atoms with Gasteiger partial charge in [-0.05, 0) is 119 Å². The van der Waals surface area contributed by atoms with Gasteiger partial charge in [-0.15, -0.1) is 0 Å². The van der Waals surface area contributed by atoms with E-state index in [1.165, 1.54) is 127 Å². The molecule has 2 atom stereocenters. The average Bonchev–Trinajstić information content (AvgIpc) is 3.90. The topological polar surface area (TPSA) is 8.17 Å². The third-order valence-electron chi connectivity index (χ3n) is 15.6. The summed E-state index contributed by atoms with van der Waals surface area (Å²) in [4.78, 5) is 2.63. The second-order valence-corrected chi connectivity index (χ2v) is 19.3. The van der Waals surface area contributed by atoms with Gasteiger partial charge in [0.2, 0.25) is 0 Å². The predicted octanol–water partition coefficient (Wildman–Crippen LogP) is 17.8. The maximum absolute atomic E-state index is 2.63. The summed E-state index contributed by atoms with van der Waals surface area (Å²) in [6.45, 7) is 0. The molecule has 328 valence electrons. The van der Waals surface area contributed by atoms with Crippen molar-refractivity contribution >= 4 is 44.4 Å². The van der Waals surface area contributed by atoms with Gasteiger partial charge in [0.25, 0.3) is 0 Å². The van der Waals surface area contributed by atoms with Crippen LogP contribution in [0.3, 0.4) is 0 Å². The van der Waals surface area contributed by atoms with E-state index in [0.717, 1.165) is 18.5 Å². The molecule has 2 heteroatoms. The lowest BCUT2D eigenvalue weighted by molar-refractivity contribution is 0.353. The van der Waals surface area contributed by atoms with Gasteiger partial charge in [-0.25, -0.2) is 0 Å². The molecule has 0 saturated heterocycles. The predicted molar refractivity (Wildman–Crippen MR) is 286 cm³/mol. The molecule has 8 aromatic carbocycles. The number of hydrogen-bond acceptors (Lipinski definition) is 1. The van der Waals surface area contributed by atoms with E-state index in [9.17, 15) is 0 Å². The highest BCUT2D eigenvalue weighted by atomic mass is 15.1. The lowest BCUT2D eigenvalue weighted by Gasteiger charge is -2.36. The van der Waals surface area contributed by atoms with Crippen LogP contribution in [0.25, 0.3) is 55.3 Å². The van der Waals surface area contributed by atoms with E-state index in [-0.39, 0.29) is 17.3 Å². The minimum atomic E-state index is 0.0327. The molecule has 1 saturated carbocycles.